The smallest absolute Gasteiger partial charge is 0.181 e. The predicted molar refractivity (Wildman–Crippen MR) is 85.0 cm³/mol. The van der Waals surface area contributed by atoms with Crippen molar-refractivity contribution in [2.75, 3.05) is 19.0 Å². The minimum atomic E-state index is -1.22. The van der Waals surface area contributed by atoms with E-state index < -0.39 is 30.6 Å². The van der Waals surface area contributed by atoms with Gasteiger partial charge in [0.15, 0.2) is 27.9 Å². The number of ether oxygens (including phenoxy) is 1. The molecule has 0 radical (unpaired) electrons. The van der Waals surface area contributed by atoms with Crippen LogP contribution in [0, 0.1) is 0 Å². The van der Waals surface area contributed by atoms with Crippen molar-refractivity contribution in [3.8, 4) is 0 Å². The van der Waals surface area contributed by atoms with Crippen LogP contribution in [0.1, 0.15) is 13.2 Å². The molecule has 5 atom stereocenters. The van der Waals surface area contributed by atoms with Crippen LogP contribution in [0.3, 0.4) is 0 Å². The second-order valence-electron chi connectivity index (χ2n) is 5.73. The van der Waals surface area contributed by atoms with Gasteiger partial charge in [0, 0.05) is 14.1 Å². The largest absolute Gasteiger partial charge is 0.391 e. The summed E-state index contributed by atoms with van der Waals surface area (Å²) < 4.78 is 7.58. The van der Waals surface area contributed by atoms with Crippen LogP contribution in [0.4, 0.5) is 5.82 Å². The quantitative estimate of drug-likeness (QED) is 0.612. The van der Waals surface area contributed by atoms with Crippen molar-refractivity contribution in [2.45, 2.75) is 37.6 Å². The Morgan fingerprint density at radius 1 is 1.30 bits per heavy atom. The van der Waals surface area contributed by atoms with E-state index in [0.717, 1.165) is 0 Å². The molecule has 1 unspecified atom stereocenters. The molecular formula is C13H18BrN5O4. The van der Waals surface area contributed by atoms with Gasteiger partial charge in [-0.15, -0.1) is 0 Å². The van der Waals surface area contributed by atoms with Crippen molar-refractivity contribution in [1.82, 2.24) is 19.5 Å². The zero-order valence-electron chi connectivity index (χ0n) is 12.8. The number of halogens is 1. The first-order chi connectivity index (χ1) is 10.8. The Kier molecular flexibility index (Phi) is 4.27. The molecule has 1 fully saturated rings. The molecule has 2 aromatic rings. The molecule has 23 heavy (non-hydrogen) atoms. The minimum Gasteiger partial charge on any atom is -0.391 e. The molecule has 2 aromatic heterocycles. The third-order valence-corrected chi connectivity index (χ3v) is 4.40. The van der Waals surface area contributed by atoms with E-state index in [4.69, 9.17) is 4.74 Å². The van der Waals surface area contributed by atoms with Gasteiger partial charge in [-0.3, -0.25) is 4.57 Å². The number of aromatic nitrogens is 4. The molecule has 0 bridgehead atoms. The molecule has 0 aromatic carbocycles. The maximum absolute atomic E-state index is 10.3. The lowest BCUT2D eigenvalue weighted by Gasteiger charge is -2.18. The van der Waals surface area contributed by atoms with Crippen molar-refractivity contribution >= 4 is 32.9 Å². The average Bonchev–Trinajstić information content (AvgIpc) is 2.96. The molecule has 10 heteroatoms. The summed E-state index contributed by atoms with van der Waals surface area (Å²) in [4.78, 5) is 14.6. The molecule has 9 nitrogen and oxygen atoms in total. The van der Waals surface area contributed by atoms with E-state index in [2.05, 4.69) is 30.9 Å². The predicted octanol–water partition coefficient (Wildman–Crippen LogP) is -0.345. The fourth-order valence-electron chi connectivity index (χ4n) is 2.72. The molecule has 0 spiro atoms. The number of imidazole rings is 1. The number of fused-ring (bicyclic) bond motifs is 1. The zero-order valence-corrected chi connectivity index (χ0v) is 14.4. The van der Waals surface area contributed by atoms with Crippen LogP contribution >= 0.6 is 15.9 Å². The lowest BCUT2D eigenvalue weighted by Crippen LogP contribution is -2.37. The molecule has 1 saturated heterocycles. The van der Waals surface area contributed by atoms with Gasteiger partial charge in [-0.1, -0.05) is 0 Å². The van der Waals surface area contributed by atoms with Crippen LogP contribution in [0.15, 0.2) is 11.1 Å². The maximum atomic E-state index is 10.3. The van der Waals surface area contributed by atoms with Gasteiger partial charge >= 0.3 is 0 Å². The highest BCUT2D eigenvalue weighted by molar-refractivity contribution is 9.10. The Hall–Kier alpha value is -1.33. The van der Waals surface area contributed by atoms with Gasteiger partial charge < -0.3 is 25.0 Å². The zero-order chi connectivity index (χ0) is 16.9. The number of aliphatic hydroxyl groups is 3. The summed E-state index contributed by atoms with van der Waals surface area (Å²) in [5.41, 5.74) is 0.994. The van der Waals surface area contributed by atoms with Crippen molar-refractivity contribution in [3.05, 3.63) is 11.1 Å². The van der Waals surface area contributed by atoms with Crippen LogP contribution in [0.25, 0.3) is 11.2 Å². The summed E-state index contributed by atoms with van der Waals surface area (Å²) in [6.07, 6.45) is -3.78. The van der Waals surface area contributed by atoms with E-state index in [1.54, 1.807) is 9.47 Å². The average molecular weight is 388 g/mol. The molecule has 3 heterocycles. The molecule has 126 valence electrons. The first-order valence-electron chi connectivity index (χ1n) is 7.08. The van der Waals surface area contributed by atoms with Crippen molar-refractivity contribution in [2.24, 2.45) is 0 Å². The van der Waals surface area contributed by atoms with Crippen LogP contribution in [-0.4, -0.2) is 73.3 Å². The van der Waals surface area contributed by atoms with Gasteiger partial charge in [0.05, 0.1) is 6.10 Å². The molecular weight excluding hydrogens is 370 g/mol. The normalized spacial score (nSPS) is 29.2. The maximum Gasteiger partial charge on any atom is 0.181 e. The molecule has 3 N–H and O–H groups in total. The van der Waals surface area contributed by atoms with Gasteiger partial charge in [0.25, 0.3) is 0 Å². The summed E-state index contributed by atoms with van der Waals surface area (Å²) in [6.45, 7) is 1.50. The fourth-order valence-corrected chi connectivity index (χ4v) is 3.27. The Morgan fingerprint density at radius 2 is 2.00 bits per heavy atom. The topological polar surface area (TPSA) is 117 Å². The number of hydrogen-bond donors (Lipinski definition) is 3. The van der Waals surface area contributed by atoms with Gasteiger partial charge in [-0.2, -0.15) is 0 Å². The summed E-state index contributed by atoms with van der Waals surface area (Å²) in [5.74, 6) is 0.620. The highest BCUT2D eigenvalue weighted by Gasteiger charge is 2.47. The molecule has 0 saturated carbocycles. The van der Waals surface area contributed by atoms with Gasteiger partial charge in [0.2, 0.25) is 0 Å². The van der Waals surface area contributed by atoms with E-state index in [-0.39, 0.29) is 0 Å². The fraction of sp³-hybridized carbons (Fsp3) is 0.615. The summed E-state index contributed by atoms with van der Waals surface area (Å²) in [6, 6.07) is 0. The number of rotatable bonds is 3. The van der Waals surface area contributed by atoms with E-state index in [1.165, 1.54) is 13.3 Å². The van der Waals surface area contributed by atoms with Gasteiger partial charge in [-0.25, -0.2) is 15.0 Å². The van der Waals surface area contributed by atoms with Gasteiger partial charge in [0.1, 0.15) is 24.6 Å². The second kappa shape index (κ2) is 5.95. The third kappa shape index (κ3) is 2.60. The molecule has 1 aliphatic heterocycles. The highest BCUT2D eigenvalue weighted by atomic mass is 79.9. The molecule has 3 rings (SSSR count). The minimum absolute atomic E-state index is 0.388. The highest BCUT2D eigenvalue weighted by Crippen LogP contribution is 2.36. The van der Waals surface area contributed by atoms with Crippen LogP contribution in [0.2, 0.25) is 0 Å². The first-order valence-corrected chi connectivity index (χ1v) is 7.87. The lowest BCUT2D eigenvalue weighted by atomic mass is 10.1. The van der Waals surface area contributed by atoms with Crippen LogP contribution in [-0.2, 0) is 4.74 Å². The monoisotopic (exact) mass is 387 g/mol. The van der Waals surface area contributed by atoms with Crippen LogP contribution < -0.4 is 4.90 Å². The van der Waals surface area contributed by atoms with Crippen LogP contribution in [0.5, 0.6) is 0 Å². The summed E-state index contributed by atoms with van der Waals surface area (Å²) in [5, 5.41) is 30.1. The first kappa shape index (κ1) is 16.5. The molecule has 0 amide bonds. The van der Waals surface area contributed by atoms with Gasteiger partial charge in [-0.05, 0) is 22.9 Å². The number of aliphatic hydroxyl groups excluding tert-OH is 3. The van der Waals surface area contributed by atoms with Crippen molar-refractivity contribution in [1.29, 1.82) is 0 Å². The third-order valence-electron chi connectivity index (χ3n) is 3.84. The Morgan fingerprint density at radius 3 is 2.57 bits per heavy atom. The van der Waals surface area contributed by atoms with E-state index in [0.29, 0.717) is 21.7 Å². The summed E-state index contributed by atoms with van der Waals surface area (Å²) >= 11 is 3.34. The second-order valence-corrected chi connectivity index (χ2v) is 6.44. The molecule has 0 aliphatic carbocycles. The van der Waals surface area contributed by atoms with E-state index in [9.17, 15) is 15.3 Å². The Bertz CT molecular complexity index is 722. The lowest BCUT2D eigenvalue weighted by molar-refractivity contribution is -0.0784. The summed E-state index contributed by atoms with van der Waals surface area (Å²) in [7, 11) is 3.67. The SMILES string of the molecule is CC(O)[C@H]1O[C@@H](n2c(Br)nc3c(N(C)C)ncnc32)[C@H](O)[C@@H]1O. The van der Waals surface area contributed by atoms with Crippen molar-refractivity contribution < 1.29 is 20.1 Å². The van der Waals surface area contributed by atoms with E-state index in [1.807, 2.05) is 14.1 Å². The van der Waals surface area contributed by atoms with E-state index >= 15 is 0 Å². The Labute approximate surface area is 140 Å². The Balaban J connectivity index is 2.10. The standard InChI is InChI=1S/C13H18BrN5O4/c1-5(20)9-7(21)8(22)12(23-9)19-11-6(17-13(19)14)10(18(2)3)15-4-16-11/h4-5,7-9,12,20-22H,1-3H3/t5?,7-,8+,9+,12+/m0/s1. The number of nitrogens with zero attached hydrogens (tertiary/aromatic N) is 5. The van der Waals surface area contributed by atoms with Crippen molar-refractivity contribution in [3.63, 3.8) is 0 Å². The number of hydrogen-bond acceptors (Lipinski definition) is 8. The molecule has 1 aliphatic rings. The number of anilines is 1.